The van der Waals surface area contributed by atoms with E-state index in [9.17, 15) is 8.42 Å². The molecular formula is C16H22N2O2S. The van der Waals surface area contributed by atoms with E-state index in [1.807, 2.05) is 12.1 Å². The number of benzene rings is 1. The maximum Gasteiger partial charge on any atom is 0.213 e. The second-order valence-corrected chi connectivity index (χ2v) is 8.74. The van der Waals surface area contributed by atoms with Gasteiger partial charge in [0.2, 0.25) is 10.0 Å². The van der Waals surface area contributed by atoms with Crippen LogP contribution in [0.3, 0.4) is 0 Å². The summed E-state index contributed by atoms with van der Waals surface area (Å²) in [4.78, 5) is 2.51. The Hall–Kier alpha value is -1.07. The molecule has 4 nitrogen and oxygen atoms in total. The Bertz CT molecular complexity index is 672. The predicted octanol–water partition coefficient (Wildman–Crippen LogP) is 2.17. The Morgan fingerprint density at radius 3 is 2.67 bits per heavy atom. The molecular weight excluding hydrogens is 284 g/mol. The highest BCUT2D eigenvalue weighted by molar-refractivity contribution is 7.88. The zero-order valence-corrected chi connectivity index (χ0v) is 13.0. The monoisotopic (exact) mass is 306 g/mol. The molecule has 1 heterocycles. The van der Waals surface area contributed by atoms with Crippen molar-refractivity contribution >= 4 is 15.7 Å². The number of nitrogens with zero attached hydrogens (tertiary/aromatic N) is 1. The highest BCUT2D eigenvalue weighted by Gasteiger charge is 2.50. The molecule has 0 radical (unpaired) electrons. The summed E-state index contributed by atoms with van der Waals surface area (Å²) in [6.07, 6.45) is 7.96. The number of nitrogens with two attached hydrogens (primary N) is 1. The van der Waals surface area contributed by atoms with Gasteiger partial charge in [0.25, 0.3) is 0 Å². The van der Waals surface area contributed by atoms with Crippen molar-refractivity contribution in [2.75, 3.05) is 11.4 Å². The normalized spacial score (nSPS) is 23.8. The van der Waals surface area contributed by atoms with Gasteiger partial charge < -0.3 is 4.90 Å². The van der Waals surface area contributed by atoms with Gasteiger partial charge in [0, 0.05) is 18.3 Å². The van der Waals surface area contributed by atoms with Crippen molar-refractivity contribution in [1.82, 2.24) is 0 Å². The molecule has 0 saturated heterocycles. The van der Waals surface area contributed by atoms with Gasteiger partial charge in [-0.05, 0) is 54.7 Å². The molecule has 0 bridgehead atoms. The van der Waals surface area contributed by atoms with Crippen LogP contribution in [0.2, 0.25) is 0 Å². The molecule has 0 atom stereocenters. The first-order chi connectivity index (χ1) is 9.94. The van der Waals surface area contributed by atoms with E-state index >= 15 is 0 Å². The van der Waals surface area contributed by atoms with Crippen LogP contribution in [-0.2, 0) is 22.2 Å². The maximum atomic E-state index is 11.3. The molecule has 0 aromatic heterocycles. The molecule has 2 N–H and O–H groups in total. The van der Waals surface area contributed by atoms with Gasteiger partial charge in [-0.25, -0.2) is 13.6 Å². The highest BCUT2D eigenvalue weighted by Crippen LogP contribution is 2.58. The Balaban J connectivity index is 1.54. The van der Waals surface area contributed by atoms with Crippen LogP contribution >= 0.6 is 0 Å². The van der Waals surface area contributed by atoms with Crippen molar-refractivity contribution in [3.8, 4) is 0 Å². The van der Waals surface area contributed by atoms with Gasteiger partial charge in [-0.3, -0.25) is 0 Å². The summed E-state index contributed by atoms with van der Waals surface area (Å²) < 4.78 is 22.6. The van der Waals surface area contributed by atoms with Crippen LogP contribution < -0.4 is 10.0 Å². The molecule has 1 aromatic carbocycles. The third-order valence-corrected chi connectivity index (χ3v) is 6.38. The number of fused-ring (bicyclic) bond motifs is 1. The van der Waals surface area contributed by atoms with E-state index in [4.69, 9.17) is 5.14 Å². The van der Waals surface area contributed by atoms with Crippen molar-refractivity contribution in [2.24, 2.45) is 10.6 Å². The Labute approximate surface area is 126 Å². The molecule has 114 valence electrons. The molecule has 4 rings (SSSR count). The zero-order valence-electron chi connectivity index (χ0n) is 12.2. The van der Waals surface area contributed by atoms with E-state index in [0.717, 1.165) is 18.5 Å². The van der Waals surface area contributed by atoms with Crippen molar-refractivity contribution in [1.29, 1.82) is 0 Å². The summed E-state index contributed by atoms with van der Waals surface area (Å²) in [7, 11) is -3.46. The summed E-state index contributed by atoms with van der Waals surface area (Å²) in [5.74, 6) is -0.0667. The number of sulfonamides is 1. The third kappa shape index (κ3) is 2.36. The first kappa shape index (κ1) is 13.6. The molecule has 2 fully saturated rings. The second-order valence-electron chi connectivity index (χ2n) is 7.13. The minimum absolute atomic E-state index is 0.0667. The van der Waals surface area contributed by atoms with E-state index in [0.29, 0.717) is 11.5 Å². The number of hydrogen-bond donors (Lipinski definition) is 1. The fourth-order valence-corrected chi connectivity index (χ4v) is 5.04. The van der Waals surface area contributed by atoms with Gasteiger partial charge in [0.1, 0.15) is 0 Å². The molecule has 5 heteroatoms. The van der Waals surface area contributed by atoms with Crippen molar-refractivity contribution in [2.45, 2.75) is 50.3 Å². The second kappa shape index (κ2) is 4.46. The summed E-state index contributed by atoms with van der Waals surface area (Å²) in [5.41, 5.74) is 4.07. The maximum absolute atomic E-state index is 11.3. The van der Waals surface area contributed by atoms with Gasteiger partial charge in [-0.2, -0.15) is 0 Å². The van der Waals surface area contributed by atoms with Gasteiger partial charge in [-0.15, -0.1) is 0 Å². The third-order valence-electron chi connectivity index (χ3n) is 5.64. The summed E-state index contributed by atoms with van der Waals surface area (Å²) in [6, 6.07) is 6.68. The SMILES string of the molecule is NS(=O)(=O)Cc1ccc2c(c1)N(C1CC3(CCC3)C1)CC2. The molecule has 0 amide bonds. The fourth-order valence-electron chi connectivity index (χ4n) is 4.40. The lowest BCUT2D eigenvalue weighted by molar-refractivity contribution is 0.00938. The average Bonchev–Trinajstić information content (AvgIpc) is 2.67. The van der Waals surface area contributed by atoms with Crippen LogP contribution in [0.15, 0.2) is 18.2 Å². The first-order valence-corrected chi connectivity index (χ1v) is 9.55. The number of primary sulfonamides is 1. The smallest absolute Gasteiger partial charge is 0.213 e. The molecule has 2 saturated carbocycles. The van der Waals surface area contributed by atoms with Crippen LogP contribution in [0.4, 0.5) is 5.69 Å². The molecule has 0 unspecified atom stereocenters. The number of anilines is 1. The van der Waals surface area contributed by atoms with Gasteiger partial charge in [-0.1, -0.05) is 18.6 Å². The first-order valence-electron chi connectivity index (χ1n) is 7.83. The minimum Gasteiger partial charge on any atom is -0.368 e. The summed E-state index contributed by atoms with van der Waals surface area (Å²) >= 11 is 0. The molecule has 1 aliphatic heterocycles. The molecule has 3 aliphatic rings. The summed E-state index contributed by atoms with van der Waals surface area (Å²) in [5, 5.41) is 5.16. The number of rotatable bonds is 3. The molecule has 2 aliphatic carbocycles. The zero-order chi connectivity index (χ0) is 14.7. The Kier molecular flexibility index (Phi) is 2.89. The lowest BCUT2D eigenvalue weighted by Gasteiger charge is -2.57. The van der Waals surface area contributed by atoms with Crippen molar-refractivity contribution in [3.05, 3.63) is 29.3 Å². The minimum atomic E-state index is -3.46. The van der Waals surface area contributed by atoms with Gasteiger partial charge in [0.05, 0.1) is 5.75 Å². The van der Waals surface area contributed by atoms with Crippen molar-refractivity contribution < 1.29 is 8.42 Å². The molecule has 1 aromatic rings. The van der Waals surface area contributed by atoms with Crippen LogP contribution in [-0.4, -0.2) is 21.0 Å². The Morgan fingerprint density at radius 1 is 1.29 bits per heavy atom. The van der Waals surface area contributed by atoms with Crippen LogP contribution in [0.25, 0.3) is 0 Å². The van der Waals surface area contributed by atoms with Crippen LogP contribution in [0, 0.1) is 5.41 Å². The van der Waals surface area contributed by atoms with Gasteiger partial charge in [0.15, 0.2) is 0 Å². The number of hydrogen-bond acceptors (Lipinski definition) is 3. The van der Waals surface area contributed by atoms with E-state index in [-0.39, 0.29) is 5.75 Å². The highest BCUT2D eigenvalue weighted by atomic mass is 32.2. The fraction of sp³-hybridized carbons (Fsp3) is 0.625. The van der Waals surface area contributed by atoms with Gasteiger partial charge >= 0.3 is 0 Å². The standard InChI is InChI=1S/C16H22N2O2S/c17-21(19,20)11-12-2-3-13-4-7-18(15(13)8-12)14-9-16(10-14)5-1-6-16/h2-3,8,14H,1,4-7,9-11H2,(H2,17,19,20). The van der Waals surface area contributed by atoms with E-state index in [1.165, 1.54) is 43.4 Å². The van der Waals surface area contributed by atoms with Crippen molar-refractivity contribution in [3.63, 3.8) is 0 Å². The van der Waals surface area contributed by atoms with E-state index in [2.05, 4.69) is 11.0 Å². The van der Waals surface area contributed by atoms with E-state index in [1.54, 1.807) is 0 Å². The largest absolute Gasteiger partial charge is 0.368 e. The lowest BCUT2D eigenvalue weighted by atomic mass is 9.54. The van der Waals surface area contributed by atoms with Crippen LogP contribution in [0.5, 0.6) is 0 Å². The molecule has 1 spiro atoms. The predicted molar refractivity (Wildman–Crippen MR) is 83.6 cm³/mol. The van der Waals surface area contributed by atoms with E-state index < -0.39 is 10.0 Å². The summed E-state index contributed by atoms with van der Waals surface area (Å²) in [6.45, 7) is 1.08. The van der Waals surface area contributed by atoms with Crippen LogP contribution in [0.1, 0.15) is 43.2 Å². The molecule has 21 heavy (non-hydrogen) atoms. The Morgan fingerprint density at radius 2 is 2.05 bits per heavy atom. The topological polar surface area (TPSA) is 63.4 Å². The quantitative estimate of drug-likeness (QED) is 0.931. The lowest BCUT2D eigenvalue weighted by Crippen LogP contribution is -2.53. The average molecular weight is 306 g/mol.